The van der Waals surface area contributed by atoms with Crippen LogP contribution in [0.1, 0.15) is 24.5 Å². The Kier molecular flexibility index (Phi) is 5.20. The fourth-order valence-electron chi connectivity index (χ4n) is 1.29. The molecule has 0 fully saturated rings. The van der Waals surface area contributed by atoms with E-state index in [1.165, 1.54) is 5.56 Å². The van der Waals surface area contributed by atoms with E-state index in [1.54, 1.807) is 0 Å². The van der Waals surface area contributed by atoms with Crippen molar-refractivity contribution in [3.05, 3.63) is 35.4 Å². The van der Waals surface area contributed by atoms with Gasteiger partial charge in [0.05, 0.1) is 0 Å². The van der Waals surface area contributed by atoms with Gasteiger partial charge in [0.1, 0.15) is 0 Å². The molecule has 17 heavy (non-hydrogen) atoms. The van der Waals surface area contributed by atoms with Gasteiger partial charge in [0.2, 0.25) is 0 Å². The van der Waals surface area contributed by atoms with Gasteiger partial charge in [-0.05, 0) is 18.9 Å². The summed E-state index contributed by atoms with van der Waals surface area (Å²) in [6.07, 6.45) is 0.816. The molecule has 2 amide bonds. The first-order valence-corrected chi connectivity index (χ1v) is 5.75. The van der Waals surface area contributed by atoms with E-state index in [-0.39, 0.29) is 0 Å². The fourth-order valence-corrected chi connectivity index (χ4v) is 1.29. The van der Waals surface area contributed by atoms with E-state index in [1.807, 2.05) is 38.1 Å². The molecule has 4 heteroatoms. The number of benzene rings is 1. The Balaban J connectivity index is 2.37. The highest BCUT2D eigenvalue weighted by Crippen LogP contribution is 2.02. The number of carbonyl (C=O) groups excluding carboxylic acids is 2. The van der Waals surface area contributed by atoms with Crippen molar-refractivity contribution in [1.82, 2.24) is 10.6 Å². The van der Waals surface area contributed by atoms with E-state index in [0.717, 1.165) is 12.0 Å². The molecule has 0 atom stereocenters. The normalized spacial score (nSPS) is 9.76. The van der Waals surface area contributed by atoms with Crippen LogP contribution in [0.4, 0.5) is 0 Å². The lowest BCUT2D eigenvalue weighted by molar-refractivity contribution is -0.139. The first kappa shape index (κ1) is 13.2. The number of rotatable bonds is 4. The monoisotopic (exact) mass is 234 g/mol. The Labute approximate surface area is 101 Å². The molecule has 0 saturated heterocycles. The van der Waals surface area contributed by atoms with Gasteiger partial charge in [-0.2, -0.15) is 0 Å². The van der Waals surface area contributed by atoms with E-state index in [9.17, 15) is 9.59 Å². The third kappa shape index (κ3) is 4.68. The van der Waals surface area contributed by atoms with Crippen molar-refractivity contribution in [2.24, 2.45) is 0 Å². The summed E-state index contributed by atoms with van der Waals surface area (Å²) in [6.45, 7) is 4.83. The molecule has 0 saturated carbocycles. The minimum absolute atomic E-state index is 0.374. The average Bonchev–Trinajstić information content (AvgIpc) is 2.34. The standard InChI is InChI=1S/C13H18N2O2/c1-3-8-14-12(16)13(17)15-9-11-6-4-10(2)5-7-11/h4-7H,3,8-9H2,1-2H3,(H,14,16)(H,15,17). The molecule has 0 aliphatic carbocycles. The summed E-state index contributed by atoms with van der Waals surface area (Å²) in [5.41, 5.74) is 2.15. The van der Waals surface area contributed by atoms with Gasteiger partial charge >= 0.3 is 11.8 Å². The van der Waals surface area contributed by atoms with Gasteiger partial charge in [0.15, 0.2) is 0 Å². The molecule has 1 aromatic carbocycles. The predicted molar refractivity (Wildman–Crippen MR) is 66.3 cm³/mol. The quantitative estimate of drug-likeness (QED) is 0.767. The highest BCUT2D eigenvalue weighted by molar-refractivity contribution is 6.35. The number of amides is 2. The lowest BCUT2D eigenvalue weighted by atomic mass is 10.1. The highest BCUT2D eigenvalue weighted by Gasteiger charge is 2.11. The van der Waals surface area contributed by atoms with Crippen molar-refractivity contribution in [3.8, 4) is 0 Å². The van der Waals surface area contributed by atoms with Crippen molar-refractivity contribution < 1.29 is 9.59 Å². The maximum Gasteiger partial charge on any atom is 0.309 e. The van der Waals surface area contributed by atoms with Crippen LogP contribution in [0.25, 0.3) is 0 Å². The van der Waals surface area contributed by atoms with Crippen LogP contribution in [0.3, 0.4) is 0 Å². The second-order valence-electron chi connectivity index (χ2n) is 3.92. The fraction of sp³-hybridized carbons (Fsp3) is 0.385. The third-order valence-electron chi connectivity index (χ3n) is 2.32. The summed E-state index contributed by atoms with van der Waals surface area (Å²) in [6, 6.07) is 7.80. The Bertz CT molecular complexity index is 385. The molecule has 1 aromatic rings. The second-order valence-corrected chi connectivity index (χ2v) is 3.92. The number of hydrogen-bond donors (Lipinski definition) is 2. The molecule has 0 bridgehead atoms. The smallest absolute Gasteiger partial charge is 0.309 e. The van der Waals surface area contributed by atoms with Crippen LogP contribution in [0.2, 0.25) is 0 Å². The second kappa shape index (κ2) is 6.68. The number of carbonyl (C=O) groups is 2. The maximum absolute atomic E-state index is 11.4. The molecule has 0 radical (unpaired) electrons. The van der Waals surface area contributed by atoms with Gasteiger partial charge in [-0.3, -0.25) is 9.59 Å². The molecule has 0 aliphatic rings. The highest BCUT2D eigenvalue weighted by atomic mass is 16.2. The SMILES string of the molecule is CCCNC(=O)C(=O)NCc1ccc(C)cc1. The lowest BCUT2D eigenvalue weighted by Gasteiger charge is -2.06. The molecule has 0 aliphatic heterocycles. The molecule has 0 unspecified atom stereocenters. The minimum atomic E-state index is -0.584. The van der Waals surface area contributed by atoms with Crippen LogP contribution in [0, 0.1) is 6.92 Å². The zero-order valence-electron chi connectivity index (χ0n) is 10.2. The van der Waals surface area contributed by atoms with Crippen LogP contribution >= 0.6 is 0 Å². The Morgan fingerprint density at radius 3 is 2.24 bits per heavy atom. The number of hydrogen-bond acceptors (Lipinski definition) is 2. The Morgan fingerprint density at radius 2 is 1.65 bits per heavy atom. The largest absolute Gasteiger partial charge is 0.348 e. The van der Waals surface area contributed by atoms with Crippen molar-refractivity contribution in [2.45, 2.75) is 26.8 Å². The zero-order chi connectivity index (χ0) is 12.7. The average molecular weight is 234 g/mol. The molecule has 0 heterocycles. The Hall–Kier alpha value is -1.84. The summed E-state index contributed by atoms with van der Waals surface area (Å²) >= 11 is 0. The predicted octanol–water partition coefficient (Wildman–Crippen LogP) is 1.14. The van der Waals surface area contributed by atoms with Crippen LogP contribution in [-0.4, -0.2) is 18.4 Å². The van der Waals surface area contributed by atoms with Crippen LogP contribution in [0.15, 0.2) is 24.3 Å². The molecule has 0 spiro atoms. The third-order valence-corrected chi connectivity index (χ3v) is 2.32. The summed E-state index contributed by atoms with van der Waals surface area (Å²) in [7, 11) is 0. The number of nitrogens with one attached hydrogen (secondary N) is 2. The van der Waals surface area contributed by atoms with Crippen LogP contribution < -0.4 is 10.6 Å². The first-order chi connectivity index (χ1) is 8.13. The summed E-state index contributed by atoms with van der Waals surface area (Å²) in [4.78, 5) is 22.6. The molecule has 4 nitrogen and oxygen atoms in total. The summed E-state index contributed by atoms with van der Waals surface area (Å²) in [5.74, 6) is -1.15. The number of aryl methyl sites for hydroxylation is 1. The van der Waals surface area contributed by atoms with Gasteiger partial charge in [-0.15, -0.1) is 0 Å². The van der Waals surface area contributed by atoms with Crippen molar-refractivity contribution >= 4 is 11.8 Å². The summed E-state index contributed by atoms with van der Waals surface area (Å²) < 4.78 is 0. The first-order valence-electron chi connectivity index (χ1n) is 5.75. The lowest BCUT2D eigenvalue weighted by Crippen LogP contribution is -2.39. The van der Waals surface area contributed by atoms with Crippen molar-refractivity contribution in [2.75, 3.05) is 6.54 Å². The van der Waals surface area contributed by atoms with Crippen LogP contribution in [0.5, 0.6) is 0 Å². The maximum atomic E-state index is 11.4. The molecular weight excluding hydrogens is 216 g/mol. The van der Waals surface area contributed by atoms with E-state index in [0.29, 0.717) is 13.1 Å². The van der Waals surface area contributed by atoms with Crippen LogP contribution in [-0.2, 0) is 16.1 Å². The van der Waals surface area contributed by atoms with Gasteiger partial charge in [-0.25, -0.2) is 0 Å². The molecular formula is C13H18N2O2. The van der Waals surface area contributed by atoms with Gasteiger partial charge < -0.3 is 10.6 Å². The topological polar surface area (TPSA) is 58.2 Å². The molecule has 0 aromatic heterocycles. The summed E-state index contributed by atoms with van der Waals surface area (Å²) in [5, 5.41) is 5.10. The van der Waals surface area contributed by atoms with Gasteiger partial charge in [0.25, 0.3) is 0 Å². The van der Waals surface area contributed by atoms with Gasteiger partial charge in [0, 0.05) is 13.1 Å². The van der Waals surface area contributed by atoms with E-state index in [4.69, 9.17) is 0 Å². The van der Waals surface area contributed by atoms with Crippen molar-refractivity contribution in [3.63, 3.8) is 0 Å². The zero-order valence-corrected chi connectivity index (χ0v) is 10.2. The van der Waals surface area contributed by atoms with E-state index < -0.39 is 11.8 Å². The molecule has 2 N–H and O–H groups in total. The van der Waals surface area contributed by atoms with Gasteiger partial charge in [-0.1, -0.05) is 36.8 Å². The Morgan fingerprint density at radius 1 is 1.06 bits per heavy atom. The van der Waals surface area contributed by atoms with E-state index >= 15 is 0 Å². The minimum Gasteiger partial charge on any atom is -0.348 e. The molecule has 92 valence electrons. The molecule has 1 rings (SSSR count). The van der Waals surface area contributed by atoms with Crippen molar-refractivity contribution in [1.29, 1.82) is 0 Å². The van der Waals surface area contributed by atoms with E-state index in [2.05, 4.69) is 10.6 Å².